The highest BCUT2D eigenvalue weighted by Gasteiger charge is 2.14. The van der Waals surface area contributed by atoms with E-state index in [1.807, 2.05) is 35.8 Å². The number of hydrogen-bond acceptors (Lipinski definition) is 4. The lowest BCUT2D eigenvalue weighted by Crippen LogP contribution is -1.95. The van der Waals surface area contributed by atoms with E-state index in [1.165, 1.54) is 0 Å². The van der Waals surface area contributed by atoms with E-state index in [9.17, 15) is 0 Å². The third kappa shape index (κ3) is 2.86. The average Bonchev–Trinajstić information content (AvgIpc) is 3.00. The molecular weight excluding hydrogens is 312 g/mol. The van der Waals surface area contributed by atoms with E-state index in [2.05, 4.69) is 9.38 Å². The molecule has 2 aromatic heterocycles. The molecule has 20 heavy (non-hydrogen) atoms. The molecule has 0 bridgehead atoms. The second-order valence-electron chi connectivity index (χ2n) is 4.30. The van der Waals surface area contributed by atoms with Crippen LogP contribution in [0.1, 0.15) is 12.1 Å². The van der Waals surface area contributed by atoms with Gasteiger partial charge in [-0.25, -0.2) is 4.98 Å². The molecule has 0 atom stereocenters. The van der Waals surface area contributed by atoms with Crippen LogP contribution in [0.25, 0.3) is 4.96 Å². The van der Waals surface area contributed by atoms with E-state index < -0.39 is 0 Å². The summed E-state index contributed by atoms with van der Waals surface area (Å²) in [6.45, 7) is 0.197. The number of imidazole rings is 1. The molecular formula is C14H13ClN2OS2. The number of halogens is 1. The third-order valence-corrected chi connectivity index (χ3v) is 4.96. The maximum Gasteiger partial charge on any atom is 0.194 e. The first-order chi connectivity index (χ1) is 9.78. The molecule has 1 aromatic carbocycles. The Kier molecular flexibility index (Phi) is 4.31. The molecule has 3 rings (SSSR count). The van der Waals surface area contributed by atoms with Crippen LogP contribution in [0.2, 0.25) is 5.02 Å². The monoisotopic (exact) mass is 324 g/mol. The van der Waals surface area contributed by atoms with Crippen LogP contribution in [0.15, 0.2) is 45.8 Å². The first kappa shape index (κ1) is 13.9. The van der Waals surface area contributed by atoms with E-state index in [-0.39, 0.29) is 6.61 Å². The summed E-state index contributed by atoms with van der Waals surface area (Å²) in [5.41, 5.74) is 1.16. The lowest BCUT2D eigenvalue weighted by atomic mass is 10.2. The smallest absolute Gasteiger partial charge is 0.194 e. The maximum atomic E-state index is 9.05. The van der Waals surface area contributed by atoms with Crippen LogP contribution < -0.4 is 0 Å². The SMILES string of the molecule is OCCCc1c(Sc2ccc(Cl)cc2)nc2sccn12. The topological polar surface area (TPSA) is 37.5 Å². The van der Waals surface area contributed by atoms with Gasteiger partial charge < -0.3 is 5.11 Å². The molecule has 0 saturated carbocycles. The molecule has 0 saturated heterocycles. The Balaban J connectivity index is 1.93. The Hall–Kier alpha value is -1.01. The van der Waals surface area contributed by atoms with Crippen LogP contribution in [-0.4, -0.2) is 21.1 Å². The van der Waals surface area contributed by atoms with E-state index in [4.69, 9.17) is 16.7 Å². The summed E-state index contributed by atoms with van der Waals surface area (Å²) in [6.07, 6.45) is 3.60. The lowest BCUT2D eigenvalue weighted by Gasteiger charge is -2.03. The molecule has 0 unspecified atom stereocenters. The minimum absolute atomic E-state index is 0.197. The molecule has 0 fully saturated rings. The van der Waals surface area contributed by atoms with Crippen LogP contribution in [0.5, 0.6) is 0 Å². The van der Waals surface area contributed by atoms with Crippen molar-refractivity contribution in [1.82, 2.24) is 9.38 Å². The summed E-state index contributed by atoms with van der Waals surface area (Å²) in [6, 6.07) is 7.76. The number of fused-ring (bicyclic) bond motifs is 1. The van der Waals surface area contributed by atoms with Crippen molar-refractivity contribution in [2.45, 2.75) is 22.8 Å². The molecule has 0 aliphatic heterocycles. The molecule has 0 spiro atoms. The minimum Gasteiger partial charge on any atom is -0.396 e. The quantitative estimate of drug-likeness (QED) is 0.767. The number of rotatable bonds is 5. The minimum atomic E-state index is 0.197. The van der Waals surface area contributed by atoms with E-state index in [0.717, 1.165) is 38.4 Å². The van der Waals surface area contributed by atoms with Crippen molar-refractivity contribution in [3.63, 3.8) is 0 Å². The van der Waals surface area contributed by atoms with Gasteiger partial charge in [0.25, 0.3) is 0 Å². The van der Waals surface area contributed by atoms with Crippen molar-refractivity contribution < 1.29 is 5.11 Å². The largest absolute Gasteiger partial charge is 0.396 e. The van der Waals surface area contributed by atoms with E-state index in [0.29, 0.717) is 0 Å². The number of aliphatic hydroxyl groups is 1. The van der Waals surface area contributed by atoms with Gasteiger partial charge >= 0.3 is 0 Å². The van der Waals surface area contributed by atoms with Gasteiger partial charge in [0.15, 0.2) is 4.96 Å². The van der Waals surface area contributed by atoms with Crippen molar-refractivity contribution in [3.8, 4) is 0 Å². The normalized spacial score (nSPS) is 11.3. The van der Waals surface area contributed by atoms with Gasteiger partial charge in [-0.1, -0.05) is 23.4 Å². The summed E-state index contributed by atoms with van der Waals surface area (Å²) in [5.74, 6) is 0. The van der Waals surface area contributed by atoms with Crippen molar-refractivity contribution in [1.29, 1.82) is 0 Å². The standard InChI is InChI=1S/C14H13ClN2OS2/c15-10-3-5-11(6-4-10)20-13-12(2-1-8-18)17-7-9-19-14(17)16-13/h3-7,9,18H,1-2,8H2. The Morgan fingerprint density at radius 1 is 1.30 bits per heavy atom. The number of aryl methyl sites for hydroxylation is 1. The zero-order valence-corrected chi connectivity index (χ0v) is 13.0. The number of nitrogens with zero attached hydrogens (tertiary/aromatic N) is 2. The number of thiazole rings is 1. The molecule has 0 aliphatic rings. The fourth-order valence-electron chi connectivity index (χ4n) is 1.98. The molecule has 0 amide bonds. The molecule has 2 heterocycles. The molecule has 104 valence electrons. The summed E-state index contributed by atoms with van der Waals surface area (Å²) in [5, 5.41) is 12.8. The predicted molar refractivity (Wildman–Crippen MR) is 84.1 cm³/mol. The van der Waals surface area contributed by atoms with Crippen LogP contribution in [0, 0.1) is 0 Å². The lowest BCUT2D eigenvalue weighted by molar-refractivity contribution is 0.287. The van der Waals surface area contributed by atoms with Crippen LogP contribution in [0.4, 0.5) is 0 Å². The van der Waals surface area contributed by atoms with Gasteiger partial charge in [-0.15, -0.1) is 11.3 Å². The number of hydrogen-bond donors (Lipinski definition) is 1. The maximum absolute atomic E-state index is 9.05. The Labute approximate surface area is 130 Å². The number of benzene rings is 1. The highest BCUT2D eigenvalue weighted by molar-refractivity contribution is 7.99. The van der Waals surface area contributed by atoms with Gasteiger partial charge in [-0.3, -0.25) is 4.40 Å². The van der Waals surface area contributed by atoms with Gasteiger partial charge in [-0.05, 0) is 37.1 Å². The van der Waals surface area contributed by atoms with Crippen LogP contribution in [0.3, 0.4) is 0 Å². The summed E-state index contributed by atoms with van der Waals surface area (Å²) in [7, 11) is 0. The third-order valence-electron chi connectivity index (χ3n) is 2.92. The predicted octanol–water partition coefficient (Wildman–Crippen LogP) is 4.13. The molecule has 1 N–H and O–H groups in total. The second-order valence-corrected chi connectivity index (χ2v) is 6.67. The molecule has 0 radical (unpaired) electrons. The van der Waals surface area contributed by atoms with Crippen LogP contribution in [-0.2, 0) is 6.42 Å². The van der Waals surface area contributed by atoms with Gasteiger partial charge in [0, 0.05) is 28.1 Å². The zero-order chi connectivity index (χ0) is 13.9. The van der Waals surface area contributed by atoms with Gasteiger partial charge in [0.1, 0.15) is 5.03 Å². The van der Waals surface area contributed by atoms with Crippen molar-refractivity contribution in [3.05, 3.63) is 46.6 Å². The summed E-state index contributed by atoms with van der Waals surface area (Å²) < 4.78 is 2.11. The van der Waals surface area contributed by atoms with E-state index >= 15 is 0 Å². The fraction of sp³-hybridized carbons (Fsp3) is 0.214. The second kappa shape index (κ2) is 6.18. The first-order valence-electron chi connectivity index (χ1n) is 6.26. The first-order valence-corrected chi connectivity index (χ1v) is 8.34. The molecule has 3 nitrogen and oxygen atoms in total. The van der Waals surface area contributed by atoms with Gasteiger partial charge in [0.2, 0.25) is 0 Å². The van der Waals surface area contributed by atoms with E-state index in [1.54, 1.807) is 23.1 Å². The van der Waals surface area contributed by atoms with Crippen molar-refractivity contribution >= 4 is 39.7 Å². The Morgan fingerprint density at radius 2 is 2.10 bits per heavy atom. The Morgan fingerprint density at radius 3 is 2.85 bits per heavy atom. The molecule has 3 aromatic rings. The number of aliphatic hydroxyl groups excluding tert-OH is 1. The van der Waals surface area contributed by atoms with Gasteiger partial charge in [0.05, 0.1) is 5.69 Å². The van der Waals surface area contributed by atoms with Crippen molar-refractivity contribution in [2.75, 3.05) is 6.61 Å². The molecule has 0 aliphatic carbocycles. The highest BCUT2D eigenvalue weighted by atomic mass is 35.5. The number of aromatic nitrogens is 2. The van der Waals surface area contributed by atoms with Gasteiger partial charge in [-0.2, -0.15) is 0 Å². The molecule has 6 heteroatoms. The van der Waals surface area contributed by atoms with Crippen LogP contribution >= 0.6 is 34.7 Å². The summed E-state index contributed by atoms with van der Waals surface area (Å²) >= 11 is 9.17. The fourth-order valence-corrected chi connectivity index (χ4v) is 3.85. The van der Waals surface area contributed by atoms with Crippen molar-refractivity contribution in [2.24, 2.45) is 0 Å². The zero-order valence-electron chi connectivity index (χ0n) is 10.6. The average molecular weight is 325 g/mol. The Bertz CT molecular complexity index is 706. The summed E-state index contributed by atoms with van der Waals surface area (Å²) in [4.78, 5) is 6.78. The highest BCUT2D eigenvalue weighted by Crippen LogP contribution is 2.32.